The lowest BCUT2D eigenvalue weighted by atomic mass is 10.2. The zero-order valence-electron chi connectivity index (χ0n) is 13.8. The number of benzene rings is 1. The van der Waals surface area contributed by atoms with E-state index >= 15 is 0 Å². The van der Waals surface area contributed by atoms with Crippen LogP contribution in [0.4, 0.5) is 4.79 Å². The molecule has 0 saturated carbocycles. The van der Waals surface area contributed by atoms with Gasteiger partial charge in [-0.2, -0.15) is 0 Å². The van der Waals surface area contributed by atoms with Crippen molar-refractivity contribution in [1.29, 1.82) is 0 Å². The van der Waals surface area contributed by atoms with Crippen molar-refractivity contribution in [1.82, 2.24) is 5.32 Å². The molecule has 0 aliphatic rings. The van der Waals surface area contributed by atoms with Crippen molar-refractivity contribution < 1.29 is 19.1 Å². The van der Waals surface area contributed by atoms with Crippen LogP contribution in [0.3, 0.4) is 0 Å². The van der Waals surface area contributed by atoms with E-state index in [1.165, 1.54) is 0 Å². The quantitative estimate of drug-likeness (QED) is 0.782. The van der Waals surface area contributed by atoms with Crippen LogP contribution in [0.15, 0.2) is 34.8 Å². The van der Waals surface area contributed by atoms with Gasteiger partial charge in [0.1, 0.15) is 18.2 Å². The van der Waals surface area contributed by atoms with Crippen LogP contribution >= 0.6 is 15.9 Å². The Morgan fingerprint density at radius 2 is 1.87 bits per heavy atom. The SMILES string of the molecule is C[C@@H](C=Cc1ccc(Br)cc1)OC(=O)CNC(=O)OC(C)(C)C. The summed E-state index contributed by atoms with van der Waals surface area (Å²) in [5, 5.41) is 2.36. The number of amides is 1. The van der Waals surface area contributed by atoms with E-state index in [0.29, 0.717) is 0 Å². The lowest BCUT2D eigenvalue weighted by Crippen LogP contribution is -2.36. The van der Waals surface area contributed by atoms with Gasteiger partial charge in [0, 0.05) is 4.47 Å². The Balaban J connectivity index is 2.36. The second-order valence-corrected chi connectivity index (χ2v) is 6.88. The zero-order valence-corrected chi connectivity index (χ0v) is 15.3. The van der Waals surface area contributed by atoms with Crippen LogP contribution in [-0.4, -0.2) is 30.3 Å². The van der Waals surface area contributed by atoms with Crippen molar-refractivity contribution >= 4 is 34.1 Å². The normalized spacial score (nSPS) is 12.7. The molecule has 0 fully saturated rings. The fraction of sp³-hybridized carbons (Fsp3) is 0.412. The average Bonchev–Trinajstić information content (AvgIpc) is 2.43. The smallest absolute Gasteiger partial charge is 0.408 e. The first-order valence-corrected chi connectivity index (χ1v) is 8.05. The number of hydrogen-bond donors (Lipinski definition) is 1. The Morgan fingerprint density at radius 1 is 1.26 bits per heavy atom. The fourth-order valence-electron chi connectivity index (χ4n) is 1.57. The van der Waals surface area contributed by atoms with Gasteiger partial charge in [-0.15, -0.1) is 0 Å². The molecular formula is C17H22BrNO4. The maximum absolute atomic E-state index is 11.6. The van der Waals surface area contributed by atoms with Crippen molar-refractivity contribution in [2.45, 2.75) is 39.4 Å². The number of carbonyl (C=O) groups is 2. The molecule has 1 aromatic carbocycles. The molecule has 5 nitrogen and oxygen atoms in total. The minimum absolute atomic E-state index is 0.231. The van der Waals surface area contributed by atoms with Gasteiger partial charge in [-0.1, -0.05) is 34.1 Å². The van der Waals surface area contributed by atoms with E-state index in [9.17, 15) is 9.59 Å². The molecule has 1 N–H and O–H groups in total. The Labute approximate surface area is 145 Å². The van der Waals surface area contributed by atoms with Gasteiger partial charge in [0.25, 0.3) is 0 Å². The average molecular weight is 384 g/mol. The number of carbonyl (C=O) groups excluding carboxylic acids is 2. The first-order valence-electron chi connectivity index (χ1n) is 7.26. The van der Waals surface area contributed by atoms with Crippen LogP contribution in [0.2, 0.25) is 0 Å². The van der Waals surface area contributed by atoms with Crippen molar-refractivity contribution in [2.75, 3.05) is 6.54 Å². The summed E-state index contributed by atoms with van der Waals surface area (Å²) in [5.74, 6) is -0.524. The van der Waals surface area contributed by atoms with Crippen LogP contribution in [-0.2, 0) is 14.3 Å². The van der Waals surface area contributed by atoms with Gasteiger partial charge in [-0.3, -0.25) is 4.79 Å². The van der Waals surface area contributed by atoms with Crippen molar-refractivity contribution in [3.05, 3.63) is 40.4 Å². The van der Waals surface area contributed by atoms with Crippen LogP contribution in [0.1, 0.15) is 33.3 Å². The molecule has 0 radical (unpaired) electrons. The number of halogens is 1. The Kier molecular flexibility index (Phi) is 7.29. The summed E-state index contributed by atoms with van der Waals surface area (Å²) in [4.78, 5) is 23.1. The molecule has 0 spiro atoms. The van der Waals surface area contributed by atoms with Crippen LogP contribution in [0.25, 0.3) is 6.08 Å². The monoisotopic (exact) mass is 383 g/mol. The second kappa shape index (κ2) is 8.72. The second-order valence-electron chi connectivity index (χ2n) is 5.96. The van der Waals surface area contributed by atoms with Gasteiger partial charge < -0.3 is 14.8 Å². The van der Waals surface area contributed by atoms with Crippen LogP contribution < -0.4 is 5.32 Å². The van der Waals surface area contributed by atoms with Crippen LogP contribution in [0.5, 0.6) is 0 Å². The third-order valence-corrected chi connectivity index (χ3v) is 3.05. The highest BCUT2D eigenvalue weighted by Gasteiger charge is 2.17. The largest absolute Gasteiger partial charge is 0.457 e. The predicted molar refractivity (Wildman–Crippen MR) is 93.0 cm³/mol. The molecule has 0 heterocycles. The minimum Gasteiger partial charge on any atom is -0.457 e. The summed E-state index contributed by atoms with van der Waals surface area (Å²) < 4.78 is 11.2. The maximum Gasteiger partial charge on any atom is 0.408 e. The van der Waals surface area contributed by atoms with E-state index in [4.69, 9.17) is 9.47 Å². The van der Waals surface area contributed by atoms with Crippen molar-refractivity contribution in [3.63, 3.8) is 0 Å². The number of ether oxygens (including phenoxy) is 2. The first kappa shape index (κ1) is 19.2. The van der Waals surface area contributed by atoms with E-state index in [0.717, 1.165) is 10.0 Å². The molecule has 6 heteroatoms. The standard InChI is InChI=1S/C17H22BrNO4/c1-12(5-6-13-7-9-14(18)10-8-13)22-15(20)11-19-16(21)23-17(2,3)4/h5-10,12H,11H2,1-4H3,(H,19,21)/t12-/m0/s1. The van der Waals surface area contributed by atoms with Crippen LogP contribution in [0, 0.1) is 0 Å². The summed E-state index contributed by atoms with van der Waals surface area (Å²) in [7, 11) is 0. The number of hydrogen-bond acceptors (Lipinski definition) is 4. The zero-order chi connectivity index (χ0) is 17.5. The van der Waals surface area contributed by atoms with Crippen molar-refractivity contribution in [3.8, 4) is 0 Å². The highest BCUT2D eigenvalue weighted by Crippen LogP contribution is 2.12. The molecule has 1 amide bonds. The summed E-state index contributed by atoms with van der Waals surface area (Å²) in [6.07, 6.45) is 2.60. The van der Waals surface area contributed by atoms with Gasteiger partial charge in [0.05, 0.1) is 0 Å². The van der Waals surface area contributed by atoms with Gasteiger partial charge >= 0.3 is 12.1 Å². The Bertz CT molecular complexity index is 561. The number of alkyl carbamates (subject to hydrolysis) is 1. The van der Waals surface area contributed by atoms with E-state index in [1.54, 1.807) is 33.8 Å². The summed E-state index contributed by atoms with van der Waals surface area (Å²) >= 11 is 3.37. The molecule has 0 unspecified atom stereocenters. The minimum atomic E-state index is -0.646. The molecule has 0 aromatic heterocycles. The van der Waals surface area contributed by atoms with Gasteiger partial charge in [-0.25, -0.2) is 4.79 Å². The Hall–Kier alpha value is -1.82. The highest BCUT2D eigenvalue weighted by atomic mass is 79.9. The van der Waals surface area contributed by atoms with Gasteiger partial charge in [-0.05, 0) is 51.5 Å². The lowest BCUT2D eigenvalue weighted by Gasteiger charge is -2.19. The predicted octanol–water partition coefficient (Wildman–Crippen LogP) is 3.92. The molecule has 126 valence electrons. The molecule has 1 aromatic rings. The Morgan fingerprint density at radius 3 is 2.43 bits per heavy atom. The molecule has 0 saturated heterocycles. The molecule has 1 atom stereocenters. The summed E-state index contributed by atoms with van der Waals surface area (Å²) in [6.45, 7) is 6.77. The molecule has 0 aliphatic carbocycles. The highest BCUT2D eigenvalue weighted by molar-refractivity contribution is 9.10. The first-order chi connectivity index (χ1) is 10.7. The fourth-order valence-corrected chi connectivity index (χ4v) is 1.83. The number of esters is 1. The number of nitrogens with one attached hydrogen (secondary N) is 1. The molecule has 1 rings (SSSR count). The van der Waals surface area contributed by atoms with Gasteiger partial charge in [0.2, 0.25) is 0 Å². The topological polar surface area (TPSA) is 64.6 Å². The van der Waals surface area contributed by atoms with Crippen molar-refractivity contribution in [2.24, 2.45) is 0 Å². The third kappa shape index (κ3) is 9.03. The summed E-state index contributed by atoms with van der Waals surface area (Å²) in [6, 6.07) is 7.75. The van der Waals surface area contributed by atoms with Gasteiger partial charge in [0.15, 0.2) is 0 Å². The van der Waals surface area contributed by atoms with E-state index in [-0.39, 0.29) is 6.54 Å². The lowest BCUT2D eigenvalue weighted by molar-refractivity contribution is -0.145. The van der Waals surface area contributed by atoms with E-state index in [1.807, 2.05) is 30.3 Å². The molecule has 0 aliphatic heterocycles. The number of rotatable bonds is 5. The summed E-state index contributed by atoms with van der Waals surface area (Å²) in [5.41, 5.74) is 0.400. The van der Waals surface area contributed by atoms with E-state index < -0.39 is 23.8 Å². The third-order valence-electron chi connectivity index (χ3n) is 2.52. The molecular weight excluding hydrogens is 362 g/mol. The maximum atomic E-state index is 11.6. The molecule has 0 bridgehead atoms. The van der Waals surface area contributed by atoms with E-state index in [2.05, 4.69) is 21.2 Å². The molecule has 23 heavy (non-hydrogen) atoms.